The van der Waals surface area contributed by atoms with Crippen LogP contribution in [0.1, 0.15) is 41.0 Å². The van der Waals surface area contributed by atoms with Gasteiger partial charge in [0.15, 0.2) is 0 Å². The number of ether oxygens (including phenoxy) is 1. The van der Waals surface area contributed by atoms with Crippen LogP contribution in [0.2, 0.25) is 0 Å². The number of carbonyl (C=O) groups is 2. The van der Waals surface area contributed by atoms with Gasteiger partial charge >= 0.3 is 6.09 Å². The molecule has 0 heterocycles. The molecule has 0 spiro atoms. The van der Waals surface area contributed by atoms with Gasteiger partial charge in [0.05, 0.1) is 0 Å². The van der Waals surface area contributed by atoms with Crippen molar-refractivity contribution in [2.24, 2.45) is 5.92 Å². The van der Waals surface area contributed by atoms with Gasteiger partial charge in [0, 0.05) is 0 Å². The van der Waals surface area contributed by atoms with E-state index in [9.17, 15) is 9.59 Å². The molecule has 94 valence electrons. The zero-order valence-electron chi connectivity index (χ0n) is 10.5. The molecular weight excluding hydrogens is 274 g/mol. The number of rotatable bonds is 4. The van der Waals surface area contributed by atoms with Crippen molar-refractivity contribution in [3.63, 3.8) is 0 Å². The van der Waals surface area contributed by atoms with Gasteiger partial charge in [-0.05, 0) is 42.6 Å². The van der Waals surface area contributed by atoms with Gasteiger partial charge in [0.25, 0.3) is 0 Å². The smallest absolute Gasteiger partial charge is 0.408 e. The standard InChI is InChI=1S/C11H20BrNO3/c1-6-7(2)8(9(12)14)13-10(15)16-11(3,4)5/h7-8H,6H2,1-5H3,(H,13,15). The van der Waals surface area contributed by atoms with E-state index in [1.165, 1.54) is 0 Å². The van der Waals surface area contributed by atoms with Crippen LogP contribution >= 0.6 is 15.9 Å². The lowest BCUT2D eigenvalue weighted by Gasteiger charge is -2.24. The van der Waals surface area contributed by atoms with Gasteiger partial charge in [-0.15, -0.1) is 0 Å². The minimum Gasteiger partial charge on any atom is -0.444 e. The van der Waals surface area contributed by atoms with Crippen molar-refractivity contribution >= 4 is 26.7 Å². The highest BCUT2D eigenvalue weighted by atomic mass is 79.9. The number of amides is 1. The van der Waals surface area contributed by atoms with Gasteiger partial charge in [-0.2, -0.15) is 0 Å². The number of hydrogen-bond acceptors (Lipinski definition) is 3. The van der Waals surface area contributed by atoms with Crippen LogP contribution in [-0.2, 0) is 9.53 Å². The molecule has 0 aromatic carbocycles. The van der Waals surface area contributed by atoms with Crippen LogP contribution < -0.4 is 5.32 Å². The molecule has 0 fully saturated rings. The highest BCUT2D eigenvalue weighted by Gasteiger charge is 2.26. The van der Waals surface area contributed by atoms with E-state index in [-0.39, 0.29) is 10.6 Å². The molecule has 0 radical (unpaired) electrons. The van der Waals surface area contributed by atoms with Crippen LogP contribution in [0.25, 0.3) is 0 Å². The van der Waals surface area contributed by atoms with E-state index in [4.69, 9.17) is 4.74 Å². The molecule has 0 aromatic rings. The Hall–Kier alpha value is -0.580. The molecule has 0 aliphatic carbocycles. The van der Waals surface area contributed by atoms with Crippen molar-refractivity contribution in [2.75, 3.05) is 0 Å². The van der Waals surface area contributed by atoms with E-state index in [2.05, 4.69) is 21.2 Å². The fraction of sp³-hybridized carbons (Fsp3) is 0.818. The molecular formula is C11H20BrNO3. The van der Waals surface area contributed by atoms with Crippen molar-refractivity contribution in [1.82, 2.24) is 5.32 Å². The molecule has 2 unspecified atom stereocenters. The minimum absolute atomic E-state index is 0.0689. The molecule has 1 N–H and O–H groups in total. The highest BCUT2D eigenvalue weighted by molar-refractivity contribution is 9.18. The minimum atomic E-state index is -0.564. The Balaban J connectivity index is 4.42. The summed E-state index contributed by atoms with van der Waals surface area (Å²) in [5.74, 6) is 0.0689. The summed E-state index contributed by atoms with van der Waals surface area (Å²) in [6, 6.07) is -0.542. The second kappa shape index (κ2) is 6.23. The molecule has 0 aliphatic heterocycles. The third-order valence-corrected chi connectivity index (χ3v) is 2.62. The topological polar surface area (TPSA) is 55.4 Å². The summed E-state index contributed by atoms with van der Waals surface area (Å²) in [5.41, 5.74) is -0.556. The van der Waals surface area contributed by atoms with Crippen LogP contribution in [0.3, 0.4) is 0 Å². The number of nitrogens with one attached hydrogen (secondary N) is 1. The van der Waals surface area contributed by atoms with E-state index in [1.807, 2.05) is 13.8 Å². The average Bonchev–Trinajstić information content (AvgIpc) is 2.09. The Kier molecular flexibility index (Phi) is 6.00. The second-order valence-electron chi connectivity index (χ2n) is 4.81. The van der Waals surface area contributed by atoms with Crippen molar-refractivity contribution in [2.45, 2.75) is 52.7 Å². The molecule has 0 aliphatic rings. The lowest BCUT2D eigenvalue weighted by molar-refractivity contribution is -0.113. The molecule has 16 heavy (non-hydrogen) atoms. The summed E-state index contributed by atoms with van der Waals surface area (Å²) < 4.78 is 4.86. The SMILES string of the molecule is CCC(C)C(NC(=O)OC(C)(C)C)C(=O)Br. The Bertz CT molecular complexity index is 260. The summed E-state index contributed by atoms with van der Waals surface area (Å²) in [6.07, 6.45) is 0.239. The molecule has 4 nitrogen and oxygen atoms in total. The normalized spacial score (nSPS) is 15.1. The predicted molar refractivity (Wildman–Crippen MR) is 66.5 cm³/mol. The maximum atomic E-state index is 11.5. The Morgan fingerprint density at radius 2 is 1.88 bits per heavy atom. The quantitative estimate of drug-likeness (QED) is 0.811. The summed E-state index contributed by atoms with van der Waals surface area (Å²) in [6.45, 7) is 9.20. The number of carbonyl (C=O) groups excluding carboxylic acids is 2. The summed E-state index contributed by atoms with van der Waals surface area (Å²) in [4.78, 5) is 22.8. The van der Waals surface area contributed by atoms with Crippen LogP contribution in [-0.4, -0.2) is 22.4 Å². The lowest BCUT2D eigenvalue weighted by Crippen LogP contribution is -2.45. The first-order valence-corrected chi connectivity index (χ1v) is 6.15. The zero-order chi connectivity index (χ0) is 12.9. The van der Waals surface area contributed by atoms with Gasteiger partial charge in [-0.25, -0.2) is 4.79 Å². The largest absolute Gasteiger partial charge is 0.444 e. The average molecular weight is 294 g/mol. The zero-order valence-corrected chi connectivity index (χ0v) is 12.1. The van der Waals surface area contributed by atoms with Crippen molar-refractivity contribution in [1.29, 1.82) is 0 Å². The molecule has 5 heteroatoms. The van der Waals surface area contributed by atoms with Crippen LogP contribution in [0.15, 0.2) is 0 Å². The Morgan fingerprint density at radius 1 is 1.38 bits per heavy atom. The van der Waals surface area contributed by atoms with Gasteiger partial charge in [-0.3, -0.25) is 4.79 Å². The van der Waals surface area contributed by atoms with Crippen molar-refractivity contribution in [3.05, 3.63) is 0 Å². The Labute approximate surface area is 105 Å². The Morgan fingerprint density at radius 3 is 2.19 bits per heavy atom. The van der Waals surface area contributed by atoms with E-state index in [0.717, 1.165) is 6.42 Å². The van der Waals surface area contributed by atoms with Gasteiger partial charge < -0.3 is 10.1 Å². The van der Waals surface area contributed by atoms with E-state index < -0.39 is 17.7 Å². The molecule has 0 saturated carbocycles. The van der Waals surface area contributed by atoms with Gasteiger partial charge in [0.1, 0.15) is 11.6 Å². The second-order valence-corrected chi connectivity index (χ2v) is 5.60. The molecule has 0 saturated heterocycles. The van der Waals surface area contributed by atoms with E-state index >= 15 is 0 Å². The third kappa shape index (κ3) is 6.10. The number of alkyl carbamates (subject to hydrolysis) is 1. The van der Waals surface area contributed by atoms with Crippen molar-refractivity contribution < 1.29 is 14.3 Å². The predicted octanol–water partition coefficient (Wildman–Crippen LogP) is 2.85. The number of halogens is 1. The highest BCUT2D eigenvalue weighted by Crippen LogP contribution is 2.13. The lowest BCUT2D eigenvalue weighted by atomic mass is 10.0. The molecule has 2 atom stereocenters. The van der Waals surface area contributed by atoms with Crippen LogP contribution in [0.5, 0.6) is 0 Å². The summed E-state index contributed by atoms with van der Waals surface area (Å²) >= 11 is 2.88. The maximum Gasteiger partial charge on any atom is 0.408 e. The monoisotopic (exact) mass is 293 g/mol. The van der Waals surface area contributed by atoms with Crippen LogP contribution in [0, 0.1) is 5.92 Å². The van der Waals surface area contributed by atoms with Crippen LogP contribution in [0.4, 0.5) is 4.79 Å². The first kappa shape index (κ1) is 15.4. The molecule has 0 rings (SSSR count). The molecule has 1 amide bonds. The third-order valence-electron chi connectivity index (χ3n) is 2.13. The van der Waals surface area contributed by atoms with Crippen molar-refractivity contribution in [3.8, 4) is 0 Å². The molecule has 0 bridgehead atoms. The number of hydrogen-bond donors (Lipinski definition) is 1. The first-order chi connectivity index (χ1) is 7.17. The maximum absolute atomic E-state index is 11.5. The summed E-state index contributed by atoms with van der Waals surface area (Å²) in [7, 11) is 0. The molecule has 0 aromatic heterocycles. The first-order valence-electron chi connectivity index (χ1n) is 5.36. The fourth-order valence-electron chi connectivity index (χ4n) is 1.09. The summed E-state index contributed by atoms with van der Waals surface area (Å²) in [5, 5.41) is 2.57. The van der Waals surface area contributed by atoms with E-state index in [0.29, 0.717) is 0 Å². The van der Waals surface area contributed by atoms with Gasteiger partial charge in [0.2, 0.25) is 4.69 Å². The van der Waals surface area contributed by atoms with E-state index in [1.54, 1.807) is 20.8 Å². The fourth-order valence-corrected chi connectivity index (χ4v) is 1.66. The van der Waals surface area contributed by atoms with Gasteiger partial charge in [-0.1, -0.05) is 20.3 Å².